The van der Waals surface area contributed by atoms with Gasteiger partial charge in [-0.1, -0.05) is 54.5 Å². The van der Waals surface area contributed by atoms with Crippen LogP contribution in [0.15, 0.2) is 23.3 Å². The van der Waals surface area contributed by atoms with Crippen molar-refractivity contribution in [1.82, 2.24) is 5.32 Å². The smallest absolute Gasteiger partial charge is 0.225 e. The van der Waals surface area contributed by atoms with Crippen LogP contribution in [0.1, 0.15) is 100 Å². The molecule has 0 spiro atoms. The minimum absolute atomic E-state index is 0.00456. The molecule has 0 bridgehead atoms. The third-order valence-corrected chi connectivity index (χ3v) is 13.1. The molecule has 0 heterocycles. The fourth-order valence-electron chi connectivity index (χ4n) is 10.3. The molecule has 212 valence electrons. The van der Waals surface area contributed by atoms with Gasteiger partial charge in [0.15, 0.2) is 11.6 Å². The Balaban J connectivity index is 1.69. The lowest BCUT2D eigenvalue weighted by molar-refractivity contribution is -0.242. The van der Waals surface area contributed by atoms with Crippen molar-refractivity contribution < 1.29 is 19.5 Å². The van der Waals surface area contributed by atoms with Gasteiger partial charge in [0.1, 0.15) is 11.7 Å². The summed E-state index contributed by atoms with van der Waals surface area (Å²) in [6.07, 6.45) is 8.69. The van der Waals surface area contributed by atoms with E-state index >= 15 is 0 Å². The highest BCUT2D eigenvalue weighted by Gasteiger charge is 2.75. The number of carbonyl (C=O) groups excluding carboxylic acids is 3. The number of rotatable bonds is 2. The highest BCUT2D eigenvalue weighted by Crippen LogP contribution is 2.75. The van der Waals surface area contributed by atoms with Gasteiger partial charge in [-0.2, -0.15) is 5.26 Å². The fourth-order valence-corrected chi connectivity index (χ4v) is 10.3. The molecule has 0 unspecified atom stereocenters. The van der Waals surface area contributed by atoms with E-state index in [0.717, 1.165) is 37.7 Å². The van der Waals surface area contributed by atoms with Gasteiger partial charge < -0.3 is 10.4 Å². The quantitative estimate of drug-likeness (QED) is 0.489. The number of carbonyl (C=O) groups is 3. The molecule has 39 heavy (non-hydrogen) atoms. The Kier molecular flexibility index (Phi) is 5.91. The predicted molar refractivity (Wildman–Crippen MR) is 149 cm³/mol. The standard InChI is InChI=1S/C33H46N2O4/c1-9-35-26(38)29(5)13-12-28(4)14-15-32(8)31(7)11-10-21-27(2,3)25(37)20(19-34)17-30(21,6)22(31)16-24(36)33(32,39)23(28)18-29/h16-17,21,23,39H,9-15,18H2,1-8H3,(H,35,38)/t21-,23+,28+,29-,30-,31+,32-,33+/m0/s1. The molecule has 0 aromatic rings. The number of fused-ring (bicyclic) bond motifs is 7. The van der Waals surface area contributed by atoms with Gasteiger partial charge in [-0.05, 0) is 80.3 Å². The summed E-state index contributed by atoms with van der Waals surface area (Å²) in [6, 6.07) is 2.14. The van der Waals surface area contributed by atoms with Gasteiger partial charge in [0, 0.05) is 34.1 Å². The first-order chi connectivity index (χ1) is 17.9. The van der Waals surface area contributed by atoms with Crippen molar-refractivity contribution in [3.8, 4) is 6.07 Å². The molecule has 3 fully saturated rings. The number of hydrogen-bond acceptors (Lipinski definition) is 5. The van der Waals surface area contributed by atoms with Crippen molar-refractivity contribution in [3.05, 3.63) is 23.3 Å². The van der Waals surface area contributed by atoms with Crippen molar-refractivity contribution in [3.63, 3.8) is 0 Å². The molecule has 0 saturated heterocycles. The molecular weight excluding hydrogens is 488 g/mol. The Hall–Kier alpha value is -2.26. The summed E-state index contributed by atoms with van der Waals surface area (Å²) in [6.45, 7) is 16.9. The molecule has 0 aliphatic heterocycles. The summed E-state index contributed by atoms with van der Waals surface area (Å²) in [5.41, 5.74) is -3.95. The minimum Gasteiger partial charge on any atom is -0.381 e. The Morgan fingerprint density at radius 1 is 1.03 bits per heavy atom. The van der Waals surface area contributed by atoms with Crippen LogP contribution in [0.5, 0.6) is 0 Å². The number of Topliss-reactive ketones (excluding diaryl/α,β-unsaturated/α-hetero) is 1. The Morgan fingerprint density at radius 2 is 1.67 bits per heavy atom. The van der Waals surface area contributed by atoms with E-state index < -0.39 is 32.7 Å². The van der Waals surface area contributed by atoms with Crippen LogP contribution in [-0.2, 0) is 14.4 Å². The normalized spacial score (nSPS) is 48.3. The van der Waals surface area contributed by atoms with E-state index in [-0.39, 0.29) is 40.3 Å². The summed E-state index contributed by atoms with van der Waals surface area (Å²) < 4.78 is 0. The molecule has 1 amide bonds. The molecule has 6 nitrogen and oxygen atoms in total. The molecule has 8 atom stereocenters. The van der Waals surface area contributed by atoms with E-state index in [2.05, 4.69) is 39.1 Å². The van der Waals surface area contributed by atoms with Gasteiger partial charge in [-0.25, -0.2) is 0 Å². The number of nitriles is 1. The summed E-state index contributed by atoms with van der Waals surface area (Å²) in [4.78, 5) is 40.9. The lowest BCUT2D eigenvalue weighted by Crippen LogP contribution is -2.74. The van der Waals surface area contributed by atoms with Gasteiger partial charge in [0.05, 0.1) is 5.57 Å². The molecule has 0 radical (unpaired) electrons. The van der Waals surface area contributed by atoms with Crippen LogP contribution in [0.3, 0.4) is 0 Å². The van der Waals surface area contributed by atoms with Gasteiger partial charge in [-0.3, -0.25) is 14.4 Å². The number of aliphatic hydroxyl groups is 1. The second kappa shape index (κ2) is 8.15. The summed E-state index contributed by atoms with van der Waals surface area (Å²) in [5.74, 6) is -0.766. The fraction of sp³-hybridized carbons (Fsp3) is 0.758. The number of allylic oxidation sites excluding steroid dienone is 3. The van der Waals surface area contributed by atoms with Crippen LogP contribution in [0.25, 0.3) is 0 Å². The van der Waals surface area contributed by atoms with Gasteiger partial charge >= 0.3 is 0 Å². The van der Waals surface area contributed by atoms with Gasteiger partial charge in [0.25, 0.3) is 0 Å². The third kappa shape index (κ3) is 3.20. The highest BCUT2D eigenvalue weighted by atomic mass is 16.3. The van der Waals surface area contributed by atoms with Gasteiger partial charge in [-0.15, -0.1) is 0 Å². The maximum atomic E-state index is 14.5. The third-order valence-electron chi connectivity index (χ3n) is 13.1. The van der Waals surface area contributed by atoms with Crippen LogP contribution in [0.2, 0.25) is 0 Å². The maximum absolute atomic E-state index is 14.5. The van der Waals surface area contributed by atoms with Crippen LogP contribution in [0, 0.1) is 55.7 Å². The Morgan fingerprint density at radius 3 is 2.28 bits per heavy atom. The number of nitrogens with one attached hydrogen (secondary N) is 1. The van der Waals surface area contributed by atoms with E-state index in [1.165, 1.54) is 0 Å². The number of nitrogens with zero attached hydrogens (tertiary/aromatic N) is 1. The molecule has 3 saturated carbocycles. The first kappa shape index (κ1) is 28.3. The van der Waals surface area contributed by atoms with Crippen molar-refractivity contribution >= 4 is 17.5 Å². The highest BCUT2D eigenvalue weighted by molar-refractivity contribution is 6.05. The molecular formula is C33H46N2O4. The summed E-state index contributed by atoms with van der Waals surface area (Å²) in [7, 11) is 0. The average Bonchev–Trinajstić information content (AvgIpc) is 2.87. The zero-order chi connectivity index (χ0) is 29.0. The van der Waals surface area contributed by atoms with Crippen molar-refractivity contribution in [2.75, 3.05) is 6.54 Å². The Bertz CT molecular complexity index is 1270. The second-order valence-corrected chi connectivity index (χ2v) is 15.3. The SMILES string of the molecule is CCNC(=O)[C@@]1(C)CC[C@]2(C)CC[C@@]3(C)[C@]4(C)CC[C@H]5C(C)(C)C(=O)C(C#N)=C[C@]5(C)C4=CC(=O)[C@]3(O)[C@@H]2C1. The molecule has 0 aromatic heterocycles. The van der Waals surface area contributed by atoms with Crippen molar-refractivity contribution in [2.45, 2.75) is 106 Å². The van der Waals surface area contributed by atoms with Crippen LogP contribution < -0.4 is 5.32 Å². The molecule has 6 heteroatoms. The van der Waals surface area contributed by atoms with E-state index in [1.807, 2.05) is 33.8 Å². The number of ketones is 2. The molecule has 5 aliphatic rings. The number of amides is 1. The molecule has 2 N–H and O–H groups in total. The van der Waals surface area contributed by atoms with Crippen LogP contribution in [-0.4, -0.2) is 34.7 Å². The topological polar surface area (TPSA) is 107 Å². The molecule has 5 rings (SSSR count). The lowest BCUT2D eigenvalue weighted by Gasteiger charge is -2.71. The molecule has 0 aromatic carbocycles. The van der Waals surface area contributed by atoms with E-state index in [9.17, 15) is 24.8 Å². The first-order valence-corrected chi connectivity index (χ1v) is 14.9. The summed E-state index contributed by atoms with van der Waals surface area (Å²) >= 11 is 0. The number of hydrogen-bond donors (Lipinski definition) is 2. The van der Waals surface area contributed by atoms with E-state index in [1.54, 1.807) is 6.08 Å². The Labute approximate surface area is 233 Å². The monoisotopic (exact) mass is 534 g/mol. The zero-order valence-corrected chi connectivity index (χ0v) is 25.1. The van der Waals surface area contributed by atoms with Crippen LogP contribution >= 0.6 is 0 Å². The zero-order valence-electron chi connectivity index (χ0n) is 25.1. The van der Waals surface area contributed by atoms with Crippen molar-refractivity contribution in [2.24, 2.45) is 44.3 Å². The first-order valence-electron chi connectivity index (χ1n) is 14.9. The van der Waals surface area contributed by atoms with Gasteiger partial charge in [0.2, 0.25) is 5.91 Å². The second-order valence-electron chi connectivity index (χ2n) is 15.3. The van der Waals surface area contributed by atoms with E-state index in [4.69, 9.17) is 0 Å². The summed E-state index contributed by atoms with van der Waals surface area (Å²) in [5, 5.41) is 25.8. The largest absolute Gasteiger partial charge is 0.381 e. The maximum Gasteiger partial charge on any atom is 0.225 e. The lowest BCUT2D eigenvalue weighted by atomic mass is 9.33. The van der Waals surface area contributed by atoms with Crippen LogP contribution in [0.4, 0.5) is 0 Å². The molecule has 5 aliphatic carbocycles. The van der Waals surface area contributed by atoms with Crippen molar-refractivity contribution in [1.29, 1.82) is 5.26 Å². The minimum atomic E-state index is -1.60. The van der Waals surface area contributed by atoms with E-state index in [0.29, 0.717) is 19.4 Å². The average molecular weight is 535 g/mol. The predicted octanol–water partition coefficient (Wildman–Crippen LogP) is 5.46.